The highest BCUT2D eigenvalue weighted by Gasteiger charge is 2.09. The summed E-state index contributed by atoms with van der Waals surface area (Å²) in [5.74, 6) is 3.52. The Bertz CT molecular complexity index is 729. The molecule has 1 aromatic heterocycles. The quantitative estimate of drug-likeness (QED) is 0.247. The smallest absolute Gasteiger partial charge is 0.194 e. The van der Waals surface area contributed by atoms with Gasteiger partial charge in [-0.15, -0.1) is 34.2 Å². The van der Waals surface area contributed by atoms with Crippen LogP contribution >= 0.6 is 24.0 Å². The van der Waals surface area contributed by atoms with Crippen LogP contribution in [0.2, 0.25) is 0 Å². The van der Waals surface area contributed by atoms with Crippen molar-refractivity contribution in [1.29, 1.82) is 0 Å². The van der Waals surface area contributed by atoms with E-state index in [0.29, 0.717) is 13.2 Å². The molecule has 0 fully saturated rings. The maximum atomic E-state index is 5.51. The molecule has 0 atom stereocenters. The number of benzene rings is 1. The second kappa shape index (κ2) is 12.6. The summed E-state index contributed by atoms with van der Waals surface area (Å²) in [6, 6.07) is 8.21. The van der Waals surface area contributed by atoms with E-state index in [0.717, 1.165) is 49.3 Å². The number of guanidine groups is 1. The summed E-state index contributed by atoms with van der Waals surface area (Å²) in [4.78, 5) is 6.90. The average Bonchev–Trinajstić information content (AvgIpc) is 2.98. The highest BCUT2D eigenvalue weighted by atomic mass is 127. The van der Waals surface area contributed by atoms with Gasteiger partial charge in [0.05, 0.1) is 6.61 Å². The lowest BCUT2D eigenvalue weighted by Gasteiger charge is -2.23. The van der Waals surface area contributed by atoms with Crippen LogP contribution in [0.4, 0.5) is 0 Å². The second-order valence-electron chi connectivity index (χ2n) is 6.58. The fraction of sp³-hybridized carbons (Fsp3) is 0.550. The van der Waals surface area contributed by atoms with Gasteiger partial charge in [0.15, 0.2) is 11.8 Å². The Labute approximate surface area is 185 Å². The predicted octanol–water partition coefficient (Wildman–Crippen LogP) is 3.52. The third-order valence-corrected chi connectivity index (χ3v) is 4.38. The minimum atomic E-state index is 0. The summed E-state index contributed by atoms with van der Waals surface area (Å²) in [5, 5.41) is 11.8. The molecule has 0 amide bonds. The molecule has 0 radical (unpaired) electrons. The summed E-state index contributed by atoms with van der Waals surface area (Å²) in [7, 11) is 4.02. The van der Waals surface area contributed by atoms with E-state index in [9.17, 15) is 0 Å². The van der Waals surface area contributed by atoms with Gasteiger partial charge in [0, 0.05) is 27.2 Å². The summed E-state index contributed by atoms with van der Waals surface area (Å²) in [6.45, 7) is 8.97. The van der Waals surface area contributed by atoms with Crippen LogP contribution in [0.3, 0.4) is 0 Å². The van der Waals surface area contributed by atoms with Crippen molar-refractivity contribution in [3.05, 3.63) is 41.5 Å². The van der Waals surface area contributed by atoms with Gasteiger partial charge in [-0.2, -0.15) is 0 Å². The van der Waals surface area contributed by atoms with Gasteiger partial charge in [0.25, 0.3) is 0 Å². The van der Waals surface area contributed by atoms with Gasteiger partial charge >= 0.3 is 0 Å². The molecule has 0 spiro atoms. The minimum Gasteiger partial charge on any atom is -0.494 e. The van der Waals surface area contributed by atoms with Gasteiger partial charge in [0.1, 0.15) is 18.1 Å². The van der Waals surface area contributed by atoms with E-state index in [-0.39, 0.29) is 24.0 Å². The number of nitrogens with zero attached hydrogens (tertiary/aromatic N) is 5. The second-order valence-corrected chi connectivity index (χ2v) is 6.58. The Kier molecular flexibility index (Phi) is 10.9. The molecular weight excluding hydrogens is 467 g/mol. The maximum Gasteiger partial charge on any atom is 0.194 e. The van der Waals surface area contributed by atoms with Crippen molar-refractivity contribution in [2.45, 2.75) is 46.7 Å². The molecule has 0 saturated carbocycles. The zero-order chi connectivity index (χ0) is 19.6. The first kappa shape index (κ1) is 24.2. The number of unbranched alkanes of at least 4 members (excludes halogenated alkanes) is 1. The summed E-state index contributed by atoms with van der Waals surface area (Å²) in [6.07, 6.45) is 2.25. The van der Waals surface area contributed by atoms with Gasteiger partial charge in [-0.05, 0) is 38.0 Å². The van der Waals surface area contributed by atoms with Crippen molar-refractivity contribution >= 4 is 29.9 Å². The molecule has 28 heavy (non-hydrogen) atoms. The minimum absolute atomic E-state index is 0. The monoisotopic (exact) mass is 500 g/mol. The number of rotatable bonds is 9. The van der Waals surface area contributed by atoms with Gasteiger partial charge in [0.2, 0.25) is 0 Å². The van der Waals surface area contributed by atoms with E-state index < -0.39 is 0 Å². The van der Waals surface area contributed by atoms with E-state index in [1.54, 1.807) is 0 Å². The predicted molar refractivity (Wildman–Crippen MR) is 124 cm³/mol. The van der Waals surface area contributed by atoms with Crippen molar-refractivity contribution in [3.8, 4) is 5.75 Å². The van der Waals surface area contributed by atoms with E-state index in [2.05, 4.69) is 46.5 Å². The number of hydrogen-bond acceptors (Lipinski definition) is 4. The number of aliphatic imine (C=N–C) groups is 1. The molecule has 1 aromatic carbocycles. The van der Waals surface area contributed by atoms with Crippen molar-refractivity contribution in [1.82, 2.24) is 25.0 Å². The molecule has 7 nitrogen and oxygen atoms in total. The highest BCUT2D eigenvalue weighted by molar-refractivity contribution is 14.0. The fourth-order valence-corrected chi connectivity index (χ4v) is 2.63. The topological polar surface area (TPSA) is 67.6 Å². The lowest BCUT2D eigenvalue weighted by molar-refractivity contribution is 0.340. The first-order chi connectivity index (χ1) is 13.0. The van der Waals surface area contributed by atoms with Crippen molar-refractivity contribution < 1.29 is 4.74 Å². The molecule has 0 saturated heterocycles. The molecule has 2 rings (SSSR count). The van der Waals surface area contributed by atoms with Crippen molar-refractivity contribution in [3.63, 3.8) is 0 Å². The number of aryl methyl sites for hydroxylation is 1. The van der Waals surface area contributed by atoms with Crippen LogP contribution in [0.25, 0.3) is 0 Å². The molecule has 8 heteroatoms. The van der Waals surface area contributed by atoms with Crippen LogP contribution in [0.15, 0.2) is 29.3 Å². The molecular formula is C20H33IN6O. The molecule has 2 aromatic rings. The van der Waals surface area contributed by atoms with Gasteiger partial charge in [-0.1, -0.05) is 25.5 Å². The third kappa shape index (κ3) is 7.29. The summed E-state index contributed by atoms with van der Waals surface area (Å²) in [5.41, 5.74) is 1.21. The van der Waals surface area contributed by atoms with Gasteiger partial charge in [-0.25, -0.2) is 4.99 Å². The normalized spacial score (nSPS) is 11.1. The largest absolute Gasteiger partial charge is 0.494 e. The van der Waals surface area contributed by atoms with E-state index >= 15 is 0 Å². The van der Waals surface area contributed by atoms with Crippen LogP contribution in [0.5, 0.6) is 5.75 Å². The molecule has 0 unspecified atom stereocenters. The molecule has 0 aliphatic carbocycles. The van der Waals surface area contributed by atoms with Crippen LogP contribution in [0, 0.1) is 6.92 Å². The van der Waals surface area contributed by atoms with Crippen LogP contribution in [0.1, 0.15) is 43.9 Å². The number of nitrogens with one attached hydrogen (secondary N) is 1. The SMILES string of the molecule is CCCCNC(=NCc1nnc(C)n1C)N(C)Cc1ccc(OCC)cc1.I. The lowest BCUT2D eigenvalue weighted by Crippen LogP contribution is -2.39. The molecule has 0 bridgehead atoms. The first-order valence-electron chi connectivity index (χ1n) is 9.61. The standard InChI is InChI=1S/C20H32N6O.HI/c1-6-8-13-21-20(22-14-19-24-23-16(3)26(19)5)25(4)15-17-9-11-18(12-10-17)27-7-2;/h9-12H,6-8,13-15H2,1-5H3,(H,21,22);1H. The number of ether oxygens (including phenoxy) is 1. The Morgan fingerprint density at radius 1 is 1.21 bits per heavy atom. The third-order valence-electron chi connectivity index (χ3n) is 4.38. The summed E-state index contributed by atoms with van der Waals surface area (Å²) >= 11 is 0. The Morgan fingerprint density at radius 2 is 1.93 bits per heavy atom. The zero-order valence-corrected chi connectivity index (χ0v) is 19.9. The van der Waals surface area contributed by atoms with Crippen molar-refractivity contribution in [2.24, 2.45) is 12.0 Å². The van der Waals surface area contributed by atoms with Gasteiger partial charge < -0.3 is 19.5 Å². The highest BCUT2D eigenvalue weighted by Crippen LogP contribution is 2.13. The zero-order valence-electron chi connectivity index (χ0n) is 17.6. The Hall–Kier alpha value is -1.84. The van der Waals surface area contributed by atoms with E-state index in [1.807, 2.05) is 37.6 Å². The molecule has 156 valence electrons. The van der Waals surface area contributed by atoms with Crippen molar-refractivity contribution in [2.75, 3.05) is 20.2 Å². The van der Waals surface area contributed by atoms with Crippen LogP contribution in [-0.2, 0) is 20.1 Å². The van der Waals surface area contributed by atoms with E-state index in [4.69, 9.17) is 9.73 Å². The number of hydrogen-bond donors (Lipinski definition) is 1. The Morgan fingerprint density at radius 3 is 2.50 bits per heavy atom. The van der Waals surface area contributed by atoms with E-state index in [1.165, 1.54) is 5.56 Å². The number of aromatic nitrogens is 3. The first-order valence-corrected chi connectivity index (χ1v) is 9.61. The fourth-order valence-electron chi connectivity index (χ4n) is 2.63. The average molecular weight is 500 g/mol. The molecule has 0 aliphatic rings. The molecule has 0 aliphatic heterocycles. The van der Waals surface area contributed by atoms with Crippen LogP contribution in [-0.4, -0.2) is 45.8 Å². The maximum absolute atomic E-state index is 5.51. The summed E-state index contributed by atoms with van der Waals surface area (Å²) < 4.78 is 7.49. The lowest BCUT2D eigenvalue weighted by atomic mass is 10.2. The Balaban J connectivity index is 0.00000392. The molecule has 1 N–H and O–H groups in total. The van der Waals surface area contributed by atoms with Gasteiger partial charge in [-0.3, -0.25) is 0 Å². The van der Waals surface area contributed by atoms with Crippen LogP contribution < -0.4 is 10.1 Å². The number of halogens is 1. The molecule has 1 heterocycles.